The summed E-state index contributed by atoms with van der Waals surface area (Å²) in [4.78, 5) is 12.6. The molecule has 0 saturated heterocycles. The van der Waals surface area contributed by atoms with Crippen molar-refractivity contribution in [3.63, 3.8) is 0 Å². The van der Waals surface area contributed by atoms with Crippen molar-refractivity contribution in [1.82, 2.24) is 0 Å². The summed E-state index contributed by atoms with van der Waals surface area (Å²) in [6, 6.07) is 2.23. The van der Waals surface area contributed by atoms with Crippen LogP contribution in [0, 0.1) is 22.7 Å². The van der Waals surface area contributed by atoms with E-state index in [0.717, 1.165) is 38.5 Å². The molecule has 5 rings (SSSR count). The van der Waals surface area contributed by atoms with Crippen molar-refractivity contribution in [2.24, 2.45) is 22.7 Å². The monoisotopic (exact) mass is 568 g/mol. The number of aryl methyl sites for hydroxylation is 1. The Morgan fingerprint density at radius 1 is 0.927 bits per heavy atom. The van der Waals surface area contributed by atoms with Gasteiger partial charge in [0.25, 0.3) is 0 Å². The van der Waals surface area contributed by atoms with Gasteiger partial charge in [0.1, 0.15) is 18.0 Å². The van der Waals surface area contributed by atoms with Gasteiger partial charge in [0.15, 0.2) is 0 Å². The fraction of sp³-hybridized carbons (Fsp3) is 0.865. The van der Waals surface area contributed by atoms with Crippen molar-refractivity contribution in [2.75, 3.05) is 6.61 Å². The highest BCUT2D eigenvalue weighted by molar-refractivity contribution is 5.69. The van der Waals surface area contributed by atoms with Gasteiger partial charge in [-0.05, 0) is 91.6 Å². The molecule has 41 heavy (non-hydrogen) atoms. The molecule has 1 N–H and O–H groups in total. The van der Waals surface area contributed by atoms with Crippen LogP contribution in [0.1, 0.15) is 172 Å². The van der Waals surface area contributed by atoms with Gasteiger partial charge in [-0.1, -0.05) is 97.3 Å². The molecule has 0 aromatic carbocycles. The van der Waals surface area contributed by atoms with Crippen LogP contribution >= 0.6 is 0 Å². The zero-order valence-corrected chi connectivity index (χ0v) is 26.5. The lowest BCUT2D eigenvalue weighted by molar-refractivity contribution is -0.154. The summed E-state index contributed by atoms with van der Waals surface area (Å²) in [6.07, 6.45) is 29.7. The number of carbonyl (C=O) groups is 1. The first kappa shape index (κ1) is 31.1. The Kier molecular flexibility index (Phi) is 10.6. The predicted molar refractivity (Wildman–Crippen MR) is 166 cm³/mol. The van der Waals surface area contributed by atoms with Gasteiger partial charge in [-0.3, -0.25) is 4.79 Å². The number of rotatable bonds is 17. The number of hydrogen-bond acceptors (Lipinski definition) is 4. The van der Waals surface area contributed by atoms with Gasteiger partial charge in [-0.25, -0.2) is 0 Å². The molecule has 3 saturated carbocycles. The molecule has 232 valence electrons. The van der Waals surface area contributed by atoms with Crippen molar-refractivity contribution in [1.29, 1.82) is 0 Å². The topological polar surface area (TPSA) is 59.7 Å². The largest absolute Gasteiger partial charge is 0.469 e. The maximum atomic E-state index is 12.6. The highest BCUT2D eigenvalue weighted by atomic mass is 16.5. The molecule has 4 aliphatic carbocycles. The molecule has 1 aromatic heterocycles. The highest BCUT2D eigenvalue weighted by Crippen LogP contribution is 2.72. The van der Waals surface area contributed by atoms with E-state index < -0.39 is 5.60 Å². The molecule has 1 heterocycles. The normalized spacial score (nSPS) is 33.7. The Bertz CT molecular complexity index is 968. The quantitative estimate of drug-likeness (QED) is 0.150. The summed E-state index contributed by atoms with van der Waals surface area (Å²) >= 11 is 0. The second-order valence-corrected chi connectivity index (χ2v) is 15.1. The van der Waals surface area contributed by atoms with Crippen LogP contribution in [0.15, 0.2) is 16.7 Å². The molecule has 3 fully saturated rings. The Morgan fingerprint density at radius 3 is 2.27 bits per heavy atom. The maximum Gasteiger partial charge on any atom is 0.305 e. The van der Waals surface area contributed by atoms with E-state index >= 15 is 0 Å². The van der Waals surface area contributed by atoms with Gasteiger partial charge in [0, 0.05) is 12.8 Å². The second-order valence-electron chi connectivity index (χ2n) is 15.1. The standard InChI is InChI=1S/C37H60O4/c1-3-4-5-6-7-8-9-10-11-12-13-14-15-16-17-34(38)41-28-37(39)27-36-24-20-31-30-22-25-40-32(30)21-23-35(31,2)33(36)19-18-29(37)26-36/h22,25,29,31,33,39H,3-21,23-24,26-28H2,1-2H3/t29-,31-,33+,35-,36+,37+/m1/s1. The highest BCUT2D eigenvalue weighted by Gasteiger charge is 2.66. The smallest absolute Gasteiger partial charge is 0.305 e. The van der Waals surface area contributed by atoms with E-state index in [1.54, 1.807) is 0 Å². The Hall–Kier alpha value is -1.29. The number of unbranched alkanes of at least 4 members (excludes halogenated alkanes) is 13. The summed E-state index contributed by atoms with van der Waals surface area (Å²) < 4.78 is 11.6. The molecule has 1 aromatic rings. The molecule has 6 atom stereocenters. The minimum Gasteiger partial charge on any atom is -0.469 e. The van der Waals surface area contributed by atoms with E-state index in [-0.39, 0.29) is 29.3 Å². The first-order valence-corrected chi connectivity index (χ1v) is 17.8. The van der Waals surface area contributed by atoms with E-state index in [0.29, 0.717) is 18.3 Å². The number of esters is 1. The molecule has 4 aliphatic rings. The van der Waals surface area contributed by atoms with Crippen LogP contribution in [0.5, 0.6) is 0 Å². The summed E-state index contributed by atoms with van der Waals surface area (Å²) in [6.45, 7) is 5.02. The summed E-state index contributed by atoms with van der Waals surface area (Å²) in [7, 11) is 0. The van der Waals surface area contributed by atoms with Crippen LogP contribution in [0.2, 0.25) is 0 Å². The lowest BCUT2D eigenvalue weighted by Gasteiger charge is -2.59. The number of ether oxygens (including phenoxy) is 1. The molecule has 4 heteroatoms. The lowest BCUT2D eigenvalue weighted by atomic mass is 9.45. The van der Waals surface area contributed by atoms with Crippen LogP contribution < -0.4 is 0 Å². The molecule has 0 amide bonds. The van der Waals surface area contributed by atoms with E-state index in [1.165, 1.54) is 114 Å². The Labute approximate surface area is 250 Å². The van der Waals surface area contributed by atoms with Crippen LogP contribution in [-0.4, -0.2) is 23.3 Å². The third-order valence-electron chi connectivity index (χ3n) is 12.4. The molecular weight excluding hydrogens is 508 g/mol. The predicted octanol–water partition coefficient (Wildman–Crippen LogP) is 10.1. The molecule has 2 bridgehead atoms. The summed E-state index contributed by atoms with van der Waals surface area (Å²) in [5.74, 6) is 2.62. The van der Waals surface area contributed by atoms with Gasteiger partial charge in [0.05, 0.1) is 6.26 Å². The Balaban J connectivity index is 0.969. The average Bonchev–Trinajstić information content (AvgIpc) is 3.52. The Morgan fingerprint density at radius 2 is 1.59 bits per heavy atom. The van der Waals surface area contributed by atoms with Gasteiger partial charge < -0.3 is 14.3 Å². The summed E-state index contributed by atoms with van der Waals surface area (Å²) in [5.41, 5.74) is 1.13. The van der Waals surface area contributed by atoms with Gasteiger partial charge >= 0.3 is 5.97 Å². The van der Waals surface area contributed by atoms with Crippen molar-refractivity contribution in [2.45, 2.75) is 173 Å². The lowest BCUT2D eigenvalue weighted by Crippen LogP contribution is -2.51. The van der Waals surface area contributed by atoms with Crippen molar-refractivity contribution < 1.29 is 19.1 Å². The number of aliphatic hydroxyl groups is 1. The van der Waals surface area contributed by atoms with Crippen LogP contribution in [0.4, 0.5) is 0 Å². The molecule has 0 unspecified atom stereocenters. The number of hydrogen-bond donors (Lipinski definition) is 1. The number of fused-ring (bicyclic) bond motifs is 5. The minimum absolute atomic E-state index is 0.108. The molecule has 1 spiro atoms. The second kappa shape index (κ2) is 14.0. The molecule has 4 nitrogen and oxygen atoms in total. The number of carbonyl (C=O) groups excluding carboxylic acids is 1. The first-order chi connectivity index (χ1) is 19.9. The molecule has 0 aliphatic heterocycles. The van der Waals surface area contributed by atoms with Crippen molar-refractivity contribution in [3.05, 3.63) is 23.7 Å². The fourth-order valence-electron chi connectivity index (χ4n) is 10.2. The van der Waals surface area contributed by atoms with Crippen LogP contribution in [0.25, 0.3) is 0 Å². The third-order valence-corrected chi connectivity index (χ3v) is 12.4. The summed E-state index contributed by atoms with van der Waals surface area (Å²) in [5, 5.41) is 11.9. The van der Waals surface area contributed by atoms with Gasteiger partial charge in [0.2, 0.25) is 0 Å². The van der Waals surface area contributed by atoms with Gasteiger partial charge in [-0.2, -0.15) is 0 Å². The van der Waals surface area contributed by atoms with Crippen LogP contribution in [0.3, 0.4) is 0 Å². The first-order valence-electron chi connectivity index (χ1n) is 17.8. The third kappa shape index (κ3) is 6.94. The van der Waals surface area contributed by atoms with E-state index in [9.17, 15) is 9.90 Å². The SMILES string of the molecule is CCCCCCCCCCCCCCCCC(=O)OC[C@@]1(O)C[C@@]23CC[C@@H]4c5ccoc5CC[C@@]4(C)[C@@H]2CC[C@@H]1C3. The number of furan rings is 1. The minimum atomic E-state index is -0.835. The average molecular weight is 569 g/mol. The van der Waals surface area contributed by atoms with E-state index in [2.05, 4.69) is 19.9 Å². The maximum absolute atomic E-state index is 12.6. The van der Waals surface area contributed by atoms with E-state index in [4.69, 9.17) is 9.15 Å². The van der Waals surface area contributed by atoms with Crippen molar-refractivity contribution in [3.8, 4) is 0 Å². The van der Waals surface area contributed by atoms with Crippen molar-refractivity contribution >= 4 is 5.97 Å². The molecular formula is C37H60O4. The zero-order valence-electron chi connectivity index (χ0n) is 26.5. The molecule has 0 radical (unpaired) electrons. The van der Waals surface area contributed by atoms with E-state index in [1.807, 2.05) is 6.26 Å². The fourth-order valence-corrected chi connectivity index (χ4v) is 10.2. The van der Waals surface area contributed by atoms with Crippen LogP contribution in [-0.2, 0) is 16.0 Å². The zero-order chi connectivity index (χ0) is 28.8. The van der Waals surface area contributed by atoms with Gasteiger partial charge in [-0.15, -0.1) is 0 Å².